The van der Waals surface area contributed by atoms with E-state index in [4.69, 9.17) is 15.0 Å². The van der Waals surface area contributed by atoms with E-state index in [-0.39, 0.29) is 5.41 Å². The summed E-state index contributed by atoms with van der Waals surface area (Å²) in [5.41, 5.74) is 7.67. The van der Waals surface area contributed by atoms with Crippen molar-refractivity contribution in [3.8, 4) is 11.4 Å². The van der Waals surface area contributed by atoms with Gasteiger partial charge in [-0.2, -0.15) is 4.98 Å². The zero-order chi connectivity index (χ0) is 14.0. The van der Waals surface area contributed by atoms with Gasteiger partial charge in [-0.3, -0.25) is 4.98 Å². The van der Waals surface area contributed by atoms with E-state index in [0.717, 1.165) is 24.0 Å². The summed E-state index contributed by atoms with van der Waals surface area (Å²) in [5, 5.41) is 4.11. The van der Waals surface area contributed by atoms with Crippen LogP contribution in [0.25, 0.3) is 11.4 Å². The van der Waals surface area contributed by atoms with Gasteiger partial charge in [0.1, 0.15) is 0 Å². The lowest BCUT2D eigenvalue weighted by Gasteiger charge is -2.32. The molecule has 6 nitrogen and oxygen atoms in total. The molecule has 20 heavy (non-hydrogen) atoms. The Balaban J connectivity index is 1.95. The van der Waals surface area contributed by atoms with Crippen LogP contribution in [0.4, 0.5) is 0 Å². The van der Waals surface area contributed by atoms with E-state index in [9.17, 15) is 0 Å². The van der Waals surface area contributed by atoms with Crippen LogP contribution >= 0.6 is 0 Å². The Hall–Kier alpha value is -1.79. The van der Waals surface area contributed by atoms with Crippen LogP contribution in [-0.2, 0) is 10.2 Å². The molecule has 3 rings (SSSR count). The average Bonchev–Trinajstić information content (AvgIpc) is 2.98. The lowest BCUT2D eigenvalue weighted by molar-refractivity contribution is 0.0409. The van der Waals surface area contributed by atoms with Crippen LogP contribution in [0, 0.1) is 6.92 Å². The Morgan fingerprint density at radius 1 is 1.35 bits per heavy atom. The van der Waals surface area contributed by atoms with Gasteiger partial charge in [0.15, 0.2) is 0 Å². The normalized spacial score (nSPS) is 18.1. The summed E-state index contributed by atoms with van der Waals surface area (Å²) in [5.74, 6) is 1.22. The molecular weight excluding hydrogens is 256 g/mol. The van der Waals surface area contributed by atoms with Crippen LogP contribution in [0.5, 0.6) is 0 Å². The van der Waals surface area contributed by atoms with Gasteiger partial charge < -0.3 is 15.0 Å². The minimum Gasteiger partial charge on any atom is -0.381 e. The van der Waals surface area contributed by atoms with Crippen LogP contribution in [0.15, 0.2) is 23.0 Å². The summed E-state index contributed by atoms with van der Waals surface area (Å²) >= 11 is 0. The number of rotatable bonds is 3. The van der Waals surface area contributed by atoms with Crippen molar-refractivity contribution < 1.29 is 9.26 Å². The van der Waals surface area contributed by atoms with Gasteiger partial charge in [0, 0.05) is 37.7 Å². The van der Waals surface area contributed by atoms with Crippen LogP contribution in [-0.4, -0.2) is 34.9 Å². The van der Waals surface area contributed by atoms with Crippen molar-refractivity contribution in [3.63, 3.8) is 0 Å². The molecule has 6 heteroatoms. The molecule has 0 atom stereocenters. The van der Waals surface area contributed by atoms with E-state index < -0.39 is 0 Å². The topological polar surface area (TPSA) is 87.1 Å². The molecule has 1 fully saturated rings. The number of nitrogens with zero attached hydrogens (tertiary/aromatic N) is 3. The summed E-state index contributed by atoms with van der Waals surface area (Å²) in [6.07, 6.45) is 5.16. The molecule has 2 aromatic heterocycles. The van der Waals surface area contributed by atoms with Crippen LogP contribution < -0.4 is 5.73 Å². The standard InChI is InChI=1S/C14H18N4O2/c1-10-8-16-5-2-11(10)12-17-13(20-18-12)14(9-15)3-6-19-7-4-14/h2,5,8H,3-4,6-7,9,15H2,1H3. The molecule has 106 valence electrons. The fraction of sp³-hybridized carbons (Fsp3) is 0.500. The molecule has 2 aromatic rings. The summed E-state index contributed by atoms with van der Waals surface area (Å²) in [7, 11) is 0. The first-order valence-electron chi connectivity index (χ1n) is 6.78. The van der Waals surface area contributed by atoms with Crippen molar-refractivity contribution in [2.45, 2.75) is 25.2 Å². The second-order valence-corrected chi connectivity index (χ2v) is 5.21. The van der Waals surface area contributed by atoms with Crippen molar-refractivity contribution in [1.82, 2.24) is 15.1 Å². The number of hydrogen-bond donors (Lipinski definition) is 1. The molecule has 0 aliphatic carbocycles. The fourth-order valence-corrected chi connectivity index (χ4v) is 2.54. The van der Waals surface area contributed by atoms with Crippen LogP contribution in [0.3, 0.4) is 0 Å². The minimum absolute atomic E-state index is 0.246. The molecular formula is C14H18N4O2. The monoisotopic (exact) mass is 274 g/mol. The third kappa shape index (κ3) is 2.21. The molecule has 0 spiro atoms. The molecule has 2 N–H and O–H groups in total. The van der Waals surface area contributed by atoms with Crippen molar-refractivity contribution in [2.24, 2.45) is 5.73 Å². The molecule has 0 radical (unpaired) electrons. The molecule has 0 saturated carbocycles. The number of pyridine rings is 1. The first-order chi connectivity index (χ1) is 9.75. The highest BCUT2D eigenvalue weighted by Crippen LogP contribution is 2.34. The van der Waals surface area contributed by atoms with E-state index in [2.05, 4.69) is 15.1 Å². The predicted octanol–water partition coefficient (Wildman–Crippen LogP) is 1.45. The van der Waals surface area contributed by atoms with Gasteiger partial charge in [-0.25, -0.2) is 0 Å². The Morgan fingerprint density at radius 2 is 2.15 bits per heavy atom. The second kappa shape index (κ2) is 5.30. The Bertz CT molecular complexity index is 590. The van der Waals surface area contributed by atoms with E-state index in [1.807, 2.05) is 13.0 Å². The predicted molar refractivity (Wildman–Crippen MR) is 73.1 cm³/mol. The molecule has 3 heterocycles. The second-order valence-electron chi connectivity index (χ2n) is 5.21. The minimum atomic E-state index is -0.246. The summed E-state index contributed by atoms with van der Waals surface area (Å²) in [6.45, 7) is 3.84. The van der Waals surface area contributed by atoms with Gasteiger partial charge in [0.25, 0.3) is 0 Å². The highest BCUT2D eigenvalue weighted by molar-refractivity contribution is 5.58. The Kier molecular flexibility index (Phi) is 3.50. The maximum Gasteiger partial charge on any atom is 0.234 e. The Morgan fingerprint density at radius 3 is 2.85 bits per heavy atom. The highest BCUT2D eigenvalue weighted by Gasteiger charge is 2.38. The van der Waals surface area contributed by atoms with Crippen molar-refractivity contribution in [2.75, 3.05) is 19.8 Å². The van der Waals surface area contributed by atoms with Crippen molar-refractivity contribution in [3.05, 3.63) is 29.9 Å². The largest absolute Gasteiger partial charge is 0.381 e. The first-order valence-corrected chi connectivity index (χ1v) is 6.78. The molecule has 0 aromatic carbocycles. The summed E-state index contributed by atoms with van der Waals surface area (Å²) in [6, 6.07) is 1.89. The smallest absolute Gasteiger partial charge is 0.234 e. The zero-order valence-electron chi connectivity index (χ0n) is 11.5. The zero-order valence-corrected chi connectivity index (χ0v) is 11.5. The number of ether oxygens (including phenoxy) is 1. The van der Waals surface area contributed by atoms with E-state index in [1.165, 1.54) is 0 Å². The lowest BCUT2D eigenvalue weighted by Crippen LogP contribution is -2.40. The van der Waals surface area contributed by atoms with Crippen molar-refractivity contribution in [1.29, 1.82) is 0 Å². The average molecular weight is 274 g/mol. The van der Waals surface area contributed by atoms with Crippen LogP contribution in [0.2, 0.25) is 0 Å². The third-order valence-corrected chi connectivity index (χ3v) is 3.98. The fourth-order valence-electron chi connectivity index (χ4n) is 2.54. The number of aromatic nitrogens is 3. The van der Waals surface area contributed by atoms with E-state index >= 15 is 0 Å². The van der Waals surface area contributed by atoms with Gasteiger partial charge in [0.2, 0.25) is 11.7 Å². The highest BCUT2D eigenvalue weighted by atomic mass is 16.5. The van der Waals surface area contributed by atoms with Gasteiger partial charge in [-0.05, 0) is 31.4 Å². The van der Waals surface area contributed by atoms with Crippen molar-refractivity contribution >= 4 is 0 Å². The lowest BCUT2D eigenvalue weighted by atomic mass is 9.80. The van der Waals surface area contributed by atoms with Gasteiger partial charge >= 0.3 is 0 Å². The van der Waals surface area contributed by atoms with Gasteiger partial charge in [0.05, 0.1) is 5.41 Å². The number of hydrogen-bond acceptors (Lipinski definition) is 6. The quantitative estimate of drug-likeness (QED) is 0.911. The van der Waals surface area contributed by atoms with Crippen LogP contribution in [0.1, 0.15) is 24.3 Å². The third-order valence-electron chi connectivity index (χ3n) is 3.98. The number of aryl methyl sites for hydroxylation is 1. The molecule has 0 amide bonds. The summed E-state index contributed by atoms with van der Waals surface area (Å²) in [4.78, 5) is 8.64. The molecule has 0 bridgehead atoms. The molecule has 1 aliphatic rings. The van der Waals surface area contributed by atoms with E-state index in [1.54, 1.807) is 12.4 Å². The first kappa shape index (κ1) is 13.2. The van der Waals surface area contributed by atoms with E-state index in [0.29, 0.717) is 31.5 Å². The Labute approximate surface area is 117 Å². The van der Waals surface area contributed by atoms with Gasteiger partial charge in [-0.1, -0.05) is 5.16 Å². The maximum absolute atomic E-state index is 5.95. The SMILES string of the molecule is Cc1cnccc1-c1noc(C2(CN)CCOCC2)n1. The van der Waals surface area contributed by atoms with Gasteiger partial charge in [-0.15, -0.1) is 0 Å². The molecule has 1 aliphatic heterocycles. The molecule has 0 unspecified atom stereocenters. The molecule has 1 saturated heterocycles. The maximum atomic E-state index is 5.95. The summed E-state index contributed by atoms with van der Waals surface area (Å²) < 4.78 is 10.9. The number of nitrogens with two attached hydrogens (primary N) is 1.